The van der Waals surface area contributed by atoms with Crippen molar-refractivity contribution in [3.8, 4) is 0 Å². The number of nitrogens with zero attached hydrogens (tertiary/aromatic N) is 1. The van der Waals surface area contributed by atoms with Gasteiger partial charge in [0.2, 0.25) is 10.0 Å². The second-order valence-electron chi connectivity index (χ2n) is 6.02. The van der Waals surface area contributed by atoms with Crippen LogP contribution in [0.25, 0.3) is 0 Å². The fraction of sp³-hybridized carbons (Fsp3) is 0.316. The zero-order valence-electron chi connectivity index (χ0n) is 14.4. The van der Waals surface area contributed by atoms with Crippen molar-refractivity contribution in [1.29, 1.82) is 0 Å². The van der Waals surface area contributed by atoms with Gasteiger partial charge in [-0.2, -0.15) is 4.31 Å². The van der Waals surface area contributed by atoms with Crippen LogP contribution in [0, 0.1) is 0 Å². The molecule has 0 spiro atoms. The highest BCUT2D eigenvalue weighted by Crippen LogP contribution is 2.37. The van der Waals surface area contributed by atoms with Crippen LogP contribution >= 0.6 is 11.6 Å². The highest BCUT2D eigenvalue weighted by molar-refractivity contribution is 7.89. The van der Waals surface area contributed by atoms with Gasteiger partial charge in [-0.15, -0.1) is 0 Å². The summed E-state index contributed by atoms with van der Waals surface area (Å²) in [7, 11) is -3.85. The summed E-state index contributed by atoms with van der Waals surface area (Å²) in [6, 6.07) is 13.3. The van der Waals surface area contributed by atoms with Crippen molar-refractivity contribution in [2.75, 3.05) is 13.2 Å². The summed E-state index contributed by atoms with van der Waals surface area (Å²) in [5.41, 5.74) is 1.88. The summed E-state index contributed by atoms with van der Waals surface area (Å²) in [6.07, 6.45) is 0.549. The first-order chi connectivity index (χ1) is 12.4. The van der Waals surface area contributed by atoms with Gasteiger partial charge in [-0.1, -0.05) is 48.0 Å². The van der Waals surface area contributed by atoms with E-state index in [0.717, 1.165) is 11.1 Å². The molecule has 1 heterocycles. The molecule has 1 atom stereocenters. The predicted octanol–water partition coefficient (Wildman–Crippen LogP) is 3.58. The summed E-state index contributed by atoms with van der Waals surface area (Å²) in [6.45, 7) is 2.27. The van der Waals surface area contributed by atoms with Crippen LogP contribution < -0.4 is 0 Å². The van der Waals surface area contributed by atoms with E-state index in [2.05, 4.69) is 0 Å². The molecule has 0 saturated carbocycles. The van der Waals surface area contributed by atoms with Crippen LogP contribution in [0.5, 0.6) is 0 Å². The third-order valence-corrected chi connectivity index (χ3v) is 6.86. The maximum atomic E-state index is 13.3. The Bertz CT molecular complexity index is 913. The molecule has 138 valence electrons. The van der Waals surface area contributed by atoms with Crippen molar-refractivity contribution in [2.45, 2.75) is 30.7 Å². The Balaban J connectivity index is 2.04. The zero-order valence-corrected chi connectivity index (χ0v) is 16.0. The molecule has 5 nitrogen and oxygen atoms in total. The lowest BCUT2D eigenvalue weighted by molar-refractivity contribution is -0.144. The van der Waals surface area contributed by atoms with Crippen LogP contribution in [-0.4, -0.2) is 31.8 Å². The van der Waals surface area contributed by atoms with E-state index in [4.69, 9.17) is 16.3 Å². The lowest BCUT2D eigenvalue weighted by atomic mass is 9.92. The first-order valence-electron chi connectivity index (χ1n) is 8.45. The maximum Gasteiger partial charge on any atom is 0.307 e. The van der Waals surface area contributed by atoms with Gasteiger partial charge in [0.1, 0.15) is 4.90 Å². The molecule has 26 heavy (non-hydrogen) atoms. The number of hydrogen-bond acceptors (Lipinski definition) is 4. The van der Waals surface area contributed by atoms with Crippen LogP contribution in [0.4, 0.5) is 0 Å². The number of fused-ring (bicyclic) bond motifs is 1. The highest BCUT2D eigenvalue weighted by Gasteiger charge is 2.38. The van der Waals surface area contributed by atoms with Crippen LogP contribution in [0.15, 0.2) is 53.4 Å². The molecule has 3 rings (SSSR count). The topological polar surface area (TPSA) is 63.7 Å². The Labute approximate surface area is 158 Å². The molecule has 0 fully saturated rings. The summed E-state index contributed by atoms with van der Waals surface area (Å²) < 4.78 is 32.9. The third kappa shape index (κ3) is 3.63. The van der Waals surface area contributed by atoms with Crippen molar-refractivity contribution >= 4 is 27.6 Å². The molecular weight excluding hydrogens is 374 g/mol. The van der Waals surface area contributed by atoms with Crippen LogP contribution in [0.3, 0.4) is 0 Å². The van der Waals surface area contributed by atoms with E-state index >= 15 is 0 Å². The van der Waals surface area contributed by atoms with E-state index in [0.29, 0.717) is 6.42 Å². The van der Waals surface area contributed by atoms with E-state index in [1.54, 1.807) is 25.1 Å². The predicted molar refractivity (Wildman–Crippen MR) is 99.5 cm³/mol. The van der Waals surface area contributed by atoms with Crippen molar-refractivity contribution in [3.05, 3.63) is 64.7 Å². The molecule has 2 aromatic carbocycles. The number of carbonyl (C=O) groups excluding carboxylic acids is 1. The fourth-order valence-corrected chi connectivity index (χ4v) is 5.39. The number of halogens is 1. The van der Waals surface area contributed by atoms with Crippen LogP contribution in [0.1, 0.15) is 30.5 Å². The standard InChI is InChI=1S/C19H20ClNO4S/c1-2-25-19(22)13-17-15-8-4-3-7-14(15)11-12-21(17)26(23,24)18-10-6-5-9-16(18)20/h3-10,17H,2,11-13H2,1H3/t17-/m0/s1. The van der Waals surface area contributed by atoms with E-state index in [-0.39, 0.29) is 29.5 Å². The molecule has 0 aromatic heterocycles. The monoisotopic (exact) mass is 393 g/mol. The van der Waals surface area contributed by atoms with E-state index in [9.17, 15) is 13.2 Å². The molecule has 1 aliphatic heterocycles. The summed E-state index contributed by atoms with van der Waals surface area (Å²) in [4.78, 5) is 12.2. The molecule has 0 amide bonds. The Kier molecular flexibility index (Phi) is 5.65. The van der Waals surface area contributed by atoms with Crippen LogP contribution in [0.2, 0.25) is 5.02 Å². The van der Waals surface area contributed by atoms with Crippen molar-refractivity contribution < 1.29 is 17.9 Å². The minimum absolute atomic E-state index is 0.0332. The lowest BCUT2D eigenvalue weighted by Gasteiger charge is -2.36. The maximum absolute atomic E-state index is 13.3. The normalized spacial score (nSPS) is 17.5. The quantitative estimate of drug-likeness (QED) is 0.728. The first-order valence-corrected chi connectivity index (χ1v) is 10.3. The molecular formula is C19H20ClNO4S. The summed E-state index contributed by atoms with van der Waals surface area (Å²) >= 11 is 6.13. The minimum atomic E-state index is -3.85. The van der Waals surface area contributed by atoms with Gasteiger partial charge in [0, 0.05) is 6.54 Å². The summed E-state index contributed by atoms with van der Waals surface area (Å²) in [5.74, 6) is -0.423. The number of benzene rings is 2. The number of rotatable bonds is 5. The van der Waals surface area contributed by atoms with Crippen molar-refractivity contribution in [2.24, 2.45) is 0 Å². The average Bonchev–Trinajstić information content (AvgIpc) is 2.62. The lowest BCUT2D eigenvalue weighted by Crippen LogP contribution is -2.41. The van der Waals surface area contributed by atoms with Gasteiger partial charge in [0.25, 0.3) is 0 Å². The van der Waals surface area contributed by atoms with E-state index in [1.165, 1.54) is 10.4 Å². The smallest absolute Gasteiger partial charge is 0.307 e. The molecule has 0 radical (unpaired) electrons. The molecule has 1 aliphatic rings. The van der Waals surface area contributed by atoms with Gasteiger partial charge in [0.05, 0.1) is 24.1 Å². The Morgan fingerprint density at radius 3 is 2.62 bits per heavy atom. The Hall–Kier alpha value is -1.89. The van der Waals surface area contributed by atoms with Gasteiger partial charge < -0.3 is 4.74 Å². The third-order valence-electron chi connectivity index (χ3n) is 4.45. The number of hydrogen-bond donors (Lipinski definition) is 0. The zero-order chi connectivity index (χ0) is 18.7. The Morgan fingerprint density at radius 1 is 1.19 bits per heavy atom. The van der Waals surface area contributed by atoms with Crippen molar-refractivity contribution in [1.82, 2.24) is 4.31 Å². The fourth-order valence-electron chi connectivity index (χ4n) is 3.29. The molecule has 0 saturated heterocycles. The van der Waals surface area contributed by atoms with Crippen LogP contribution in [-0.2, 0) is 26.0 Å². The molecule has 0 aliphatic carbocycles. The second kappa shape index (κ2) is 7.78. The number of carbonyl (C=O) groups is 1. The second-order valence-corrected chi connectivity index (χ2v) is 8.29. The van der Waals surface area contributed by atoms with Gasteiger partial charge >= 0.3 is 5.97 Å². The van der Waals surface area contributed by atoms with Gasteiger partial charge in [0.15, 0.2) is 0 Å². The molecule has 0 bridgehead atoms. The highest BCUT2D eigenvalue weighted by atomic mass is 35.5. The SMILES string of the molecule is CCOC(=O)C[C@H]1c2ccccc2CCN1S(=O)(=O)c1ccccc1Cl. The Morgan fingerprint density at radius 2 is 1.88 bits per heavy atom. The van der Waals surface area contributed by atoms with E-state index in [1.807, 2.05) is 24.3 Å². The number of ether oxygens (including phenoxy) is 1. The number of esters is 1. The van der Waals surface area contributed by atoms with Gasteiger partial charge in [-0.25, -0.2) is 8.42 Å². The van der Waals surface area contributed by atoms with Crippen molar-refractivity contribution in [3.63, 3.8) is 0 Å². The molecule has 0 unspecified atom stereocenters. The van der Waals surface area contributed by atoms with E-state index < -0.39 is 22.0 Å². The first kappa shape index (κ1) is 18.9. The molecule has 2 aromatic rings. The molecule has 7 heteroatoms. The average molecular weight is 394 g/mol. The number of sulfonamides is 1. The largest absolute Gasteiger partial charge is 0.466 e. The minimum Gasteiger partial charge on any atom is -0.466 e. The van der Waals surface area contributed by atoms with Gasteiger partial charge in [-0.05, 0) is 36.6 Å². The summed E-state index contributed by atoms with van der Waals surface area (Å²) in [5, 5.41) is 0.168. The molecule has 0 N–H and O–H groups in total. The van der Waals surface area contributed by atoms with Gasteiger partial charge in [-0.3, -0.25) is 4.79 Å².